The molecular formula is C21H18N2O3. The van der Waals surface area contributed by atoms with E-state index < -0.39 is 5.91 Å². The Balaban J connectivity index is 1.85. The monoisotopic (exact) mass is 346 g/mol. The first-order chi connectivity index (χ1) is 12.6. The summed E-state index contributed by atoms with van der Waals surface area (Å²) in [6.07, 6.45) is 3.00. The lowest BCUT2D eigenvalue weighted by molar-refractivity contribution is -0.113. The molecule has 0 aliphatic carbocycles. The molecule has 26 heavy (non-hydrogen) atoms. The van der Waals surface area contributed by atoms with Gasteiger partial charge in [0.15, 0.2) is 0 Å². The molecule has 0 saturated carbocycles. The third kappa shape index (κ3) is 4.27. The van der Waals surface area contributed by atoms with Crippen molar-refractivity contribution in [1.29, 1.82) is 0 Å². The summed E-state index contributed by atoms with van der Waals surface area (Å²) in [7, 11) is 0. The average molecular weight is 346 g/mol. The van der Waals surface area contributed by atoms with E-state index in [1.54, 1.807) is 36.4 Å². The van der Waals surface area contributed by atoms with Gasteiger partial charge < -0.3 is 15.1 Å². The predicted octanol–water partition coefficient (Wildman–Crippen LogP) is 4.00. The second kappa shape index (κ2) is 7.98. The molecule has 0 bridgehead atoms. The molecule has 5 nitrogen and oxygen atoms in total. The van der Waals surface area contributed by atoms with Crippen LogP contribution >= 0.6 is 0 Å². The van der Waals surface area contributed by atoms with Crippen LogP contribution in [0.15, 0.2) is 83.1 Å². The Labute approximate surface area is 151 Å². The van der Waals surface area contributed by atoms with Gasteiger partial charge in [-0.05, 0) is 42.8 Å². The van der Waals surface area contributed by atoms with Crippen LogP contribution in [0, 0.1) is 6.92 Å². The summed E-state index contributed by atoms with van der Waals surface area (Å²) in [5.74, 6) is -0.327. The van der Waals surface area contributed by atoms with Gasteiger partial charge in [-0.1, -0.05) is 36.4 Å². The van der Waals surface area contributed by atoms with Crippen LogP contribution in [0.25, 0.3) is 6.08 Å². The van der Waals surface area contributed by atoms with E-state index in [0.717, 1.165) is 5.56 Å². The molecule has 0 atom stereocenters. The van der Waals surface area contributed by atoms with Gasteiger partial charge in [-0.25, -0.2) is 0 Å². The van der Waals surface area contributed by atoms with Gasteiger partial charge in [0.1, 0.15) is 11.5 Å². The summed E-state index contributed by atoms with van der Waals surface area (Å²) in [6, 6.07) is 19.6. The topological polar surface area (TPSA) is 71.3 Å². The Bertz CT molecular complexity index is 929. The molecule has 0 unspecified atom stereocenters. The molecule has 3 rings (SSSR count). The number of carbonyl (C=O) groups excluding carboxylic acids is 2. The quantitative estimate of drug-likeness (QED) is 0.686. The van der Waals surface area contributed by atoms with Crippen molar-refractivity contribution in [2.75, 3.05) is 5.32 Å². The van der Waals surface area contributed by atoms with Crippen molar-refractivity contribution in [3.63, 3.8) is 0 Å². The molecule has 1 heterocycles. The molecule has 0 aliphatic rings. The van der Waals surface area contributed by atoms with E-state index in [-0.39, 0.29) is 11.6 Å². The zero-order valence-electron chi connectivity index (χ0n) is 14.2. The molecule has 2 N–H and O–H groups in total. The molecule has 3 aromatic rings. The minimum atomic E-state index is -0.436. The van der Waals surface area contributed by atoms with Crippen molar-refractivity contribution in [2.24, 2.45) is 0 Å². The predicted molar refractivity (Wildman–Crippen MR) is 100 cm³/mol. The van der Waals surface area contributed by atoms with E-state index in [1.165, 1.54) is 12.3 Å². The van der Waals surface area contributed by atoms with Crippen LogP contribution < -0.4 is 10.6 Å². The summed E-state index contributed by atoms with van der Waals surface area (Å²) < 4.78 is 5.27. The first-order valence-electron chi connectivity index (χ1n) is 8.12. The fraction of sp³-hybridized carbons (Fsp3) is 0.0476. The molecule has 2 aromatic carbocycles. The third-order valence-corrected chi connectivity index (χ3v) is 3.74. The summed E-state index contributed by atoms with van der Waals surface area (Å²) in [5.41, 5.74) is 2.06. The molecule has 0 saturated heterocycles. The Hall–Kier alpha value is -3.60. The normalized spacial score (nSPS) is 11.0. The van der Waals surface area contributed by atoms with Gasteiger partial charge in [0.25, 0.3) is 11.8 Å². The zero-order chi connectivity index (χ0) is 18.4. The van der Waals surface area contributed by atoms with Gasteiger partial charge in [0.2, 0.25) is 0 Å². The van der Waals surface area contributed by atoms with Crippen molar-refractivity contribution in [2.45, 2.75) is 6.92 Å². The minimum Gasteiger partial charge on any atom is -0.465 e. The molecular weight excluding hydrogens is 328 g/mol. The number of aryl methyl sites for hydroxylation is 1. The maximum absolute atomic E-state index is 12.7. The highest BCUT2D eigenvalue weighted by atomic mass is 16.3. The van der Waals surface area contributed by atoms with E-state index in [9.17, 15) is 9.59 Å². The number of para-hydroxylation sites is 1. The highest BCUT2D eigenvalue weighted by Crippen LogP contribution is 2.12. The highest BCUT2D eigenvalue weighted by Gasteiger charge is 2.16. The molecule has 0 fully saturated rings. The molecule has 0 aliphatic heterocycles. The zero-order valence-corrected chi connectivity index (χ0v) is 14.2. The maximum atomic E-state index is 12.7. The second-order valence-corrected chi connectivity index (χ2v) is 5.66. The lowest BCUT2D eigenvalue weighted by atomic mass is 10.1. The Morgan fingerprint density at radius 1 is 0.923 bits per heavy atom. The van der Waals surface area contributed by atoms with Gasteiger partial charge in [-0.15, -0.1) is 0 Å². The Morgan fingerprint density at radius 2 is 1.65 bits per heavy atom. The van der Waals surface area contributed by atoms with Crippen LogP contribution in [0.3, 0.4) is 0 Å². The lowest BCUT2D eigenvalue weighted by Gasteiger charge is -2.12. The van der Waals surface area contributed by atoms with E-state index in [1.807, 2.05) is 37.3 Å². The first-order valence-corrected chi connectivity index (χ1v) is 8.12. The van der Waals surface area contributed by atoms with Crippen LogP contribution in [0.1, 0.15) is 21.7 Å². The van der Waals surface area contributed by atoms with Gasteiger partial charge in [-0.3, -0.25) is 9.59 Å². The van der Waals surface area contributed by atoms with E-state index in [4.69, 9.17) is 4.42 Å². The number of benzene rings is 2. The number of hydrogen-bond donors (Lipinski definition) is 2. The number of hydrogen-bond acceptors (Lipinski definition) is 3. The Morgan fingerprint density at radius 3 is 2.35 bits per heavy atom. The van der Waals surface area contributed by atoms with Gasteiger partial charge in [0.05, 0.1) is 6.26 Å². The van der Waals surface area contributed by atoms with Crippen LogP contribution in [0.2, 0.25) is 0 Å². The van der Waals surface area contributed by atoms with Crippen molar-refractivity contribution in [3.8, 4) is 0 Å². The van der Waals surface area contributed by atoms with Crippen molar-refractivity contribution < 1.29 is 14.0 Å². The molecule has 0 spiro atoms. The second-order valence-electron chi connectivity index (χ2n) is 5.66. The van der Waals surface area contributed by atoms with E-state index in [0.29, 0.717) is 17.0 Å². The fourth-order valence-corrected chi connectivity index (χ4v) is 2.41. The van der Waals surface area contributed by atoms with Crippen molar-refractivity contribution >= 4 is 23.6 Å². The van der Waals surface area contributed by atoms with Crippen LogP contribution in [-0.4, -0.2) is 11.8 Å². The first kappa shape index (κ1) is 17.2. The lowest BCUT2D eigenvalue weighted by Crippen LogP contribution is -2.31. The van der Waals surface area contributed by atoms with E-state index in [2.05, 4.69) is 10.6 Å². The standard InChI is InChI=1S/C21H18N2O3/c1-15-8-5-6-12-18(15)20(24)23-19(14-17-11-7-13-26-17)21(25)22-16-9-3-2-4-10-16/h2-14H,1H3,(H,22,25)(H,23,24). The van der Waals surface area contributed by atoms with Gasteiger partial charge in [0, 0.05) is 17.3 Å². The van der Waals surface area contributed by atoms with E-state index >= 15 is 0 Å². The number of furan rings is 1. The summed E-state index contributed by atoms with van der Waals surface area (Å²) in [4.78, 5) is 25.3. The molecule has 2 amide bonds. The Kier molecular flexibility index (Phi) is 5.29. The van der Waals surface area contributed by atoms with Gasteiger partial charge in [-0.2, -0.15) is 0 Å². The minimum absolute atomic E-state index is 0.0945. The third-order valence-electron chi connectivity index (χ3n) is 3.74. The van der Waals surface area contributed by atoms with Crippen LogP contribution in [-0.2, 0) is 4.79 Å². The van der Waals surface area contributed by atoms with Gasteiger partial charge >= 0.3 is 0 Å². The molecule has 5 heteroatoms. The molecule has 130 valence electrons. The van der Waals surface area contributed by atoms with Crippen molar-refractivity contribution in [3.05, 3.63) is 95.6 Å². The van der Waals surface area contributed by atoms with Crippen LogP contribution in [0.4, 0.5) is 5.69 Å². The number of anilines is 1. The maximum Gasteiger partial charge on any atom is 0.272 e. The van der Waals surface area contributed by atoms with Crippen molar-refractivity contribution in [1.82, 2.24) is 5.32 Å². The SMILES string of the molecule is Cc1ccccc1C(=O)NC(=Cc1ccco1)C(=O)Nc1ccccc1. The number of nitrogens with one attached hydrogen (secondary N) is 2. The fourth-order valence-electron chi connectivity index (χ4n) is 2.41. The number of amides is 2. The summed E-state index contributed by atoms with van der Waals surface area (Å²) in [5, 5.41) is 5.44. The smallest absolute Gasteiger partial charge is 0.272 e. The number of carbonyl (C=O) groups is 2. The average Bonchev–Trinajstić information content (AvgIpc) is 3.15. The number of rotatable bonds is 5. The largest absolute Gasteiger partial charge is 0.465 e. The highest BCUT2D eigenvalue weighted by molar-refractivity contribution is 6.10. The van der Waals surface area contributed by atoms with Crippen LogP contribution in [0.5, 0.6) is 0 Å². The molecule has 1 aromatic heterocycles. The summed E-state index contributed by atoms with van der Waals surface area (Å²) in [6.45, 7) is 1.84. The molecule has 0 radical (unpaired) electrons. The summed E-state index contributed by atoms with van der Waals surface area (Å²) >= 11 is 0.